The van der Waals surface area contributed by atoms with Crippen molar-refractivity contribution in [2.24, 2.45) is 0 Å². The molecule has 21 heavy (non-hydrogen) atoms. The standard InChI is InChI=1S/C16H8Br2O3/c17-9-5-8(14(19)13(18)7-9)6-12-10-3-1-2-4-11(10)15(20)16(12)21/h1-7,19H. The van der Waals surface area contributed by atoms with Crippen LogP contribution in [0.15, 0.2) is 45.3 Å². The van der Waals surface area contributed by atoms with E-state index in [0.717, 1.165) is 4.47 Å². The summed E-state index contributed by atoms with van der Waals surface area (Å²) in [4.78, 5) is 24.1. The lowest BCUT2D eigenvalue weighted by Crippen LogP contribution is -2.05. The van der Waals surface area contributed by atoms with E-state index < -0.39 is 11.6 Å². The van der Waals surface area contributed by atoms with E-state index in [-0.39, 0.29) is 5.75 Å². The smallest absolute Gasteiger partial charge is 0.234 e. The van der Waals surface area contributed by atoms with Crippen LogP contribution in [-0.4, -0.2) is 16.7 Å². The Bertz CT molecular complexity index is 822. The zero-order chi connectivity index (χ0) is 15.1. The van der Waals surface area contributed by atoms with E-state index in [4.69, 9.17) is 0 Å². The topological polar surface area (TPSA) is 54.4 Å². The molecule has 0 spiro atoms. The van der Waals surface area contributed by atoms with Gasteiger partial charge in [0.25, 0.3) is 0 Å². The van der Waals surface area contributed by atoms with Crippen molar-refractivity contribution >= 4 is 55.1 Å². The molecular weight excluding hydrogens is 400 g/mol. The highest BCUT2D eigenvalue weighted by molar-refractivity contribution is 9.11. The number of phenolic OH excluding ortho intramolecular Hbond substituents is 1. The molecular formula is C16H8Br2O3. The van der Waals surface area contributed by atoms with Crippen LogP contribution < -0.4 is 0 Å². The number of hydrogen-bond donors (Lipinski definition) is 1. The Kier molecular flexibility index (Phi) is 3.55. The highest BCUT2D eigenvalue weighted by atomic mass is 79.9. The maximum absolute atomic E-state index is 12.1. The molecule has 0 saturated carbocycles. The van der Waals surface area contributed by atoms with Crippen LogP contribution in [-0.2, 0) is 4.79 Å². The lowest BCUT2D eigenvalue weighted by atomic mass is 10.0. The number of ketones is 2. The second-order valence-electron chi connectivity index (χ2n) is 4.59. The number of aromatic hydroxyl groups is 1. The van der Waals surface area contributed by atoms with Gasteiger partial charge in [-0.15, -0.1) is 0 Å². The van der Waals surface area contributed by atoms with Crippen molar-refractivity contribution in [2.45, 2.75) is 0 Å². The number of phenols is 1. The molecule has 0 bridgehead atoms. The average molecular weight is 408 g/mol. The molecule has 0 radical (unpaired) electrons. The highest BCUT2D eigenvalue weighted by Crippen LogP contribution is 2.36. The Morgan fingerprint density at radius 1 is 0.952 bits per heavy atom. The third kappa shape index (κ3) is 2.36. The van der Waals surface area contributed by atoms with Crippen molar-refractivity contribution in [3.8, 4) is 5.75 Å². The van der Waals surface area contributed by atoms with Gasteiger partial charge in [0.2, 0.25) is 11.6 Å². The predicted molar refractivity (Wildman–Crippen MR) is 87.2 cm³/mol. The zero-order valence-corrected chi connectivity index (χ0v) is 13.7. The monoisotopic (exact) mass is 406 g/mol. The van der Waals surface area contributed by atoms with Crippen LogP contribution in [0.2, 0.25) is 0 Å². The minimum Gasteiger partial charge on any atom is -0.506 e. The number of carbonyl (C=O) groups is 2. The van der Waals surface area contributed by atoms with Crippen molar-refractivity contribution in [2.75, 3.05) is 0 Å². The third-order valence-electron chi connectivity index (χ3n) is 3.27. The fourth-order valence-corrected chi connectivity index (χ4v) is 3.54. The largest absolute Gasteiger partial charge is 0.506 e. The Morgan fingerprint density at radius 2 is 1.62 bits per heavy atom. The number of benzene rings is 2. The van der Waals surface area contributed by atoms with Crippen LogP contribution in [0.3, 0.4) is 0 Å². The van der Waals surface area contributed by atoms with Crippen LogP contribution in [0.1, 0.15) is 21.5 Å². The van der Waals surface area contributed by atoms with E-state index in [1.54, 1.807) is 36.4 Å². The Balaban J connectivity index is 2.22. The summed E-state index contributed by atoms with van der Waals surface area (Å²) in [6.45, 7) is 0. The van der Waals surface area contributed by atoms with Crippen molar-refractivity contribution < 1.29 is 14.7 Å². The van der Waals surface area contributed by atoms with Crippen LogP contribution in [0.4, 0.5) is 0 Å². The van der Waals surface area contributed by atoms with Crippen molar-refractivity contribution in [3.63, 3.8) is 0 Å². The van der Waals surface area contributed by atoms with Gasteiger partial charge in [-0.2, -0.15) is 0 Å². The van der Waals surface area contributed by atoms with Crippen LogP contribution >= 0.6 is 31.9 Å². The number of hydrogen-bond acceptors (Lipinski definition) is 3. The van der Waals surface area contributed by atoms with Gasteiger partial charge in [-0.05, 0) is 39.7 Å². The lowest BCUT2D eigenvalue weighted by Gasteiger charge is -2.05. The molecule has 1 aliphatic carbocycles. The van der Waals surface area contributed by atoms with Crippen molar-refractivity contribution in [3.05, 3.63) is 62.0 Å². The molecule has 5 heteroatoms. The fraction of sp³-hybridized carbons (Fsp3) is 0. The molecule has 0 atom stereocenters. The number of allylic oxidation sites excluding steroid dienone is 1. The van der Waals surface area contributed by atoms with E-state index in [2.05, 4.69) is 31.9 Å². The van der Waals surface area contributed by atoms with Crippen LogP contribution in [0.5, 0.6) is 5.75 Å². The van der Waals surface area contributed by atoms with Gasteiger partial charge in [-0.3, -0.25) is 9.59 Å². The molecule has 0 aromatic heterocycles. The number of fused-ring (bicyclic) bond motifs is 1. The van der Waals surface area contributed by atoms with Crippen molar-refractivity contribution in [1.82, 2.24) is 0 Å². The zero-order valence-electron chi connectivity index (χ0n) is 10.6. The Hall–Kier alpha value is -1.72. The van der Waals surface area contributed by atoms with E-state index in [9.17, 15) is 14.7 Å². The molecule has 2 aromatic rings. The molecule has 1 N–H and O–H groups in total. The highest BCUT2D eigenvalue weighted by Gasteiger charge is 2.33. The number of carbonyl (C=O) groups excluding carboxylic acids is 2. The first-order valence-electron chi connectivity index (χ1n) is 6.07. The van der Waals surface area contributed by atoms with Gasteiger partial charge >= 0.3 is 0 Å². The second-order valence-corrected chi connectivity index (χ2v) is 6.36. The van der Waals surface area contributed by atoms with E-state index in [1.807, 2.05) is 0 Å². The van der Waals surface area contributed by atoms with Crippen LogP contribution in [0.25, 0.3) is 11.6 Å². The molecule has 0 fully saturated rings. The summed E-state index contributed by atoms with van der Waals surface area (Å²) in [7, 11) is 0. The summed E-state index contributed by atoms with van der Waals surface area (Å²) in [5, 5.41) is 10.1. The first-order chi connectivity index (χ1) is 9.99. The minimum absolute atomic E-state index is 0.0235. The number of Topliss-reactive ketones (excluding diaryl/α,β-unsaturated/α-hetero) is 2. The minimum atomic E-state index is -0.549. The Labute approximate surface area is 137 Å². The lowest BCUT2D eigenvalue weighted by molar-refractivity contribution is -0.109. The van der Waals surface area contributed by atoms with Gasteiger partial charge in [-0.25, -0.2) is 0 Å². The molecule has 0 heterocycles. The maximum atomic E-state index is 12.1. The quantitative estimate of drug-likeness (QED) is 0.568. The van der Waals surface area contributed by atoms with Gasteiger partial charge in [0, 0.05) is 21.2 Å². The molecule has 0 saturated heterocycles. The molecule has 3 nitrogen and oxygen atoms in total. The van der Waals surface area contributed by atoms with Gasteiger partial charge in [0.1, 0.15) is 5.75 Å². The maximum Gasteiger partial charge on any atom is 0.234 e. The van der Waals surface area contributed by atoms with Crippen molar-refractivity contribution in [1.29, 1.82) is 0 Å². The first-order valence-corrected chi connectivity index (χ1v) is 7.66. The first kappa shape index (κ1) is 14.2. The summed E-state index contributed by atoms with van der Waals surface area (Å²) in [5.74, 6) is -1.03. The van der Waals surface area contributed by atoms with Gasteiger partial charge < -0.3 is 5.11 Å². The van der Waals surface area contributed by atoms with E-state index >= 15 is 0 Å². The second kappa shape index (κ2) is 5.24. The Morgan fingerprint density at radius 3 is 2.33 bits per heavy atom. The van der Waals surface area contributed by atoms with Gasteiger partial charge in [0.05, 0.1) is 4.47 Å². The van der Waals surface area contributed by atoms with Crippen LogP contribution in [0, 0.1) is 0 Å². The fourth-order valence-electron chi connectivity index (χ4n) is 2.28. The molecule has 104 valence electrons. The molecule has 0 unspecified atom stereocenters. The molecule has 3 rings (SSSR count). The third-order valence-corrected chi connectivity index (χ3v) is 4.33. The average Bonchev–Trinajstić information content (AvgIpc) is 2.70. The predicted octanol–water partition coefficient (Wildman–Crippen LogP) is 4.22. The van der Waals surface area contributed by atoms with Gasteiger partial charge in [-0.1, -0.05) is 40.2 Å². The summed E-state index contributed by atoms with van der Waals surface area (Å²) < 4.78 is 1.26. The SMILES string of the molecule is O=C1C(=O)c2ccccc2C1=Cc1cc(Br)cc(Br)c1O. The molecule has 0 aliphatic heterocycles. The summed E-state index contributed by atoms with van der Waals surface area (Å²) in [5.41, 5.74) is 1.77. The molecule has 2 aromatic carbocycles. The number of halogens is 2. The summed E-state index contributed by atoms with van der Waals surface area (Å²) in [6, 6.07) is 10.2. The number of rotatable bonds is 1. The summed E-state index contributed by atoms with van der Waals surface area (Å²) >= 11 is 6.58. The molecule has 1 aliphatic rings. The normalized spacial score (nSPS) is 15.6. The summed E-state index contributed by atoms with van der Waals surface area (Å²) in [6.07, 6.45) is 1.54. The van der Waals surface area contributed by atoms with E-state index in [1.165, 1.54) is 6.08 Å². The van der Waals surface area contributed by atoms with Gasteiger partial charge in [0.15, 0.2) is 0 Å². The van der Waals surface area contributed by atoms with E-state index in [0.29, 0.717) is 26.7 Å². The molecule has 0 amide bonds.